The van der Waals surface area contributed by atoms with Gasteiger partial charge in [0.1, 0.15) is 10.8 Å². The van der Waals surface area contributed by atoms with Crippen molar-refractivity contribution in [1.82, 2.24) is 15.2 Å². The second-order valence-electron chi connectivity index (χ2n) is 6.36. The number of aromatic nitrogens is 1. The third kappa shape index (κ3) is 5.26. The number of carbonyl (C=O) groups excluding carboxylic acids is 2. The summed E-state index contributed by atoms with van der Waals surface area (Å²) in [6, 6.07) is 6.30. The number of hydrogen-bond acceptors (Lipinski definition) is 5. The van der Waals surface area contributed by atoms with E-state index in [4.69, 9.17) is 4.74 Å². The van der Waals surface area contributed by atoms with Gasteiger partial charge in [0.25, 0.3) is 0 Å². The van der Waals surface area contributed by atoms with E-state index in [1.54, 1.807) is 24.0 Å². The lowest BCUT2D eigenvalue weighted by Gasteiger charge is -2.31. The molecule has 0 atom stereocenters. The molecule has 3 rings (SSSR count). The fourth-order valence-electron chi connectivity index (χ4n) is 3.01. The first-order chi connectivity index (χ1) is 13.0. The molecule has 144 valence electrons. The molecule has 1 N–H and O–H groups in total. The smallest absolute Gasteiger partial charge is 0.409 e. The lowest BCUT2D eigenvalue weighted by atomic mass is 10.1. The van der Waals surface area contributed by atoms with Crippen LogP contribution in [0.5, 0.6) is 0 Å². The van der Waals surface area contributed by atoms with Gasteiger partial charge in [-0.25, -0.2) is 14.2 Å². The molecule has 27 heavy (non-hydrogen) atoms. The van der Waals surface area contributed by atoms with Gasteiger partial charge >= 0.3 is 6.09 Å². The van der Waals surface area contributed by atoms with E-state index >= 15 is 0 Å². The average molecular weight is 391 g/mol. The highest BCUT2D eigenvalue weighted by molar-refractivity contribution is 7.13. The van der Waals surface area contributed by atoms with Crippen LogP contribution in [0.3, 0.4) is 0 Å². The topological polar surface area (TPSA) is 71.5 Å². The van der Waals surface area contributed by atoms with Crippen molar-refractivity contribution in [1.29, 1.82) is 0 Å². The quantitative estimate of drug-likeness (QED) is 0.849. The summed E-state index contributed by atoms with van der Waals surface area (Å²) in [5.41, 5.74) is 1.37. The summed E-state index contributed by atoms with van der Waals surface area (Å²) in [5.74, 6) is -0.406. The Balaban J connectivity index is 1.48. The summed E-state index contributed by atoms with van der Waals surface area (Å²) in [4.78, 5) is 30.1. The lowest BCUT2D eigenvalue weighted by Crippen LogP contribution is -2.47. The van der Waals surface area contributed by atoms with Gasteiger partial charge in [-0.1, -0.05) is 12.1 Å². The summed E-state index contributed by atoms with van der Waals surface area (Å²) >= 11 is 1.39. The molecular formula is C19H22FN3O3S. The van der Waals surface area contributed by atoms with Gasteiger partial charge in [0.2, 0.25) is 5.91 Å². The summed E-state index contributed by atoms with van der Waals surface area (Å²) in [6.45, 7) is 3.29. The Morgan fingerprint density at radius 2 is 2.15 bits per heavy atom. The predicted octanol–water partition coefficient (Wildman–Crippen LogP) is 3.23. The van der Waals surface area contributed by atoms with Crippen molar-refractivity contribution in [3.8, 4) is 10.6 Å². The van der Waals surface area contributed by atoms with Crippen LogP contribution >= 0.6 is 11.3 Å². The summed E-state index contributed by atoms with van der Waals surface area (Å²) < 4.78 is 18.3. The van der Waals surface area contributed by atoms with E-state index in [2.05, 4.69) is 10.3 Å². The Kier molecular flexibility index (Phi) is 6.39. The Bertz CT molecular complexity index is 803. The molecule has 1 aliphatic rings. The zero-order chi connectivity index (χ0) is 19.2. The van der Waals surface area contributed by atoms with Crippen LogP contribution in [-0.2, 0) is 16.0 Å². The second-order valence-corrected chi connectivity index (χ2v) is 7.22. The van der Waals surface area contributed by atoms with E-state index in [0.717, 1.165) is 0 Å². The number of amides is 2. The number of nitrogens with zero attached hydrogens (tertiary/aromatic N) is 2. The molecule has 1 fully saturated rings. The monoisotopic (exact) mass is 391 g/mol. The van der Waals surface area contributed by atoms with Gasteiger partial charge in [0.05, 0.1) is 18.7 Å². The highest BCUT2D eigenvalue weighted by Crippen LogP contribution is 2.24. The van der Waals surface area contributed by atoms with E-state index in [1.807, 2.05) is 5.38 Å². The second kappa shape index (κ2) is 8.94. The van der Waals surface area contributed by atoms with Crippen LogP contribution in [0, 0.1) is 5.82 Å². The maximum Gasteiger partial charge on any atom is 0.409 e. The number of nitrogens with one attached hydrogen (secondary N) is 1. The van der Waals surface area contributed by atoms with Crippen LogP contribution < -0.4 is 5.32 Å². The van der Waals surface area contributed by atoms with Gasteiger partial charge in [-0.15, -0.1) is 11.3 Å². The molecule has 0 unspecified atom stereocenters. The van der Waals surface area contributed by atoms with Crippen LogP contribution in [0.1, 0.15) is 25.5 Å². The Hall–Kier alpha value is -2.48. The highest BCUT2D eigenvalue weighted by Gasteiger charge is 2.24. The molecule has 1 aliphatic heterocycles. The molecule has 0 aliphatic carbocycles. The van der Waals surface area contributed by atoms with Gasteiger partial charge in [-0.2, -0.15) is 0 Å². The number of piperidine rings is 1. The number of ether oxygens (including phenoxy) is 1. The maximum atomic E-state index is 13.3. The Morgan fingerprint density at radius 1 is 1.37 bits per heavy atom. The fourth-order valence-corrected chi connectivity index (χ4v) is 3.82. The van der Waals surface area contributed by atoms with E-state index in [0.29, 0.717) is 48.8 Å². The third-order valence-electron chi connectivity index (χ3n) is 4.35. The molecule has 0 radical (unpaired) electrons. The molecular weight excluding hydrogens is 369 g/mol. The van der Waals surface area contributed by atoms with Crippen molar-refractivity contribution in [2.24, 2.45) is 0 Å². The number of thiazole rings is 1. The standard InChI is InChI=1S/C19H22FN3O3S/c1-2-26-19(25)23-8-6-15(7-9-23)21-17(24)11-16-12-27-18(22-16)13-4-3-5-14(20)10-13/h3-5,10,12,15H,2,6-9,11H2,1H3,(H,21,24). The molecule has 0 saturated carbocycles. The molecule has 2 aromatic rings. The van der Waals surface area contributed by atoms with Crippen molar-refractivity contribution < 1.29 is 18.7 Å². The van der Waals surface area contributed by atoms with Crippen molar-refractivity contribution in [3.05, 3.63) is 41.2 Å². The molecule has 1 aromatic carbocycles. The van der Waals surface area contributed by atoms with Crippen LogP contribution in [0.4, 0.5) is 9.18 Å². The predicted molar refractivity (Wildman–Crippen MR) is 101 cm³/mol. The number of likely N-dealkylation sites (tertiary alicyclic amines) is 1. The molecule has 2 amide bonds. The molecule has 0 spiro atoms. The summed E-state index contributed by atoms with van der Waals surface area (Å²) in [5, 5.41) is 5.52. The summed E-state index contributed by atoms with van der Waals surface area (Å²) in [7, 11) is 0. The minimum atomic E-state index is -0.309. The van der Waals surface area contributed by atoms with Gasteiger partial charge in [-0.3, -0.25) is 4.79 Å². The SMILES string of the molecule is CCOC(=O)N1CCC(NC(=O)Cc2csc(-c3cccc(F)c3)n2)CC1. The number of hydrogen-bond donors (Lipinski definition) is 1. The number of halogens is 1. The van der Waals surface area contributed by atoms with E-state index in [9.17, 15) is 14.0 Å². The van der Waals surface area contributed by atoms with Crippen LogP contribution in [0.2, 0.25) is 0 Å². The van der Waals surface area contributed by atoms with Crippen LogP contribution in [-0.4, -0.2) is 47.6 Å². The van der Waals surface area contributed by atoms with Gasteiger partial charge in [0.15, 0.2) is 0 Å². The maximum absolute atomic E-state index is 13.3. The fraction of sp³-hybridized carbons (Fsp3) is 0.421. The first-order valence-electron chi connectivity index (χ1n) is 8.96. The third-order valence-corrected chi connectivity index (χ3v) is 5.29. The number of carbonyl (C=O) groups is 2. The lowest BCUT2D eigenvalue weighted by molar-refractivity contribution is -0.121. The van der Waals surface area contributed by atoms with Crippen molar-refractivity contribution in [2.75, 3.05) is 19.7 Å². The normalized spacial score (nSPS) is 14.8. The number of benzene rings is 1. The minimum Gasteiger partial charge on any atom is -0.450 e. The van der Waals surface area contributed by atoms with E-state index < -0.39 is 0 Å². The zero-order valence-electron chi connectivity index (χ0n) is 15.1. The molecule has 6 nitrogen and oxygen atoms in total. The first-order valence-corrected chi connectivity index (χ1v) is 9.84. The molecule has 1 aromatic heterocycles. The zero-order valence-corrected chi connectivity index (χ0v) is 15.9. The molecule has 0 bridgehead atoms. The first kappa shape index (κ1) is 19.3. The van der Waals surface area contributed by atoms with Crippen LogP contribution in [0.25, 0.3) is 10.6 Å². The molecule has 2 heterocycles. The highest BCUT2D eigenvalue weighted by atomic mass is 32.1. The van der Waals surface area contributed by atoms with Crippen molar-refractivity contribution in [2.45, 2.75) is 32.2 Å². The van der Waals surface area contributed by atoms with Gasteiger partial charge in [-0.05, 0) is 31.9 Å². The minimum absolute atomic E-state index is 0.0458. The van der Waals surface area contributed by atoms with Gasteiger partial charge in [0, 0.05) is 30.1 Å². The Labute approximate surface area is 161 Å². The van der Waals surface area contributed by atoms with E-state index in [1.165, 1.54) is 23.5 Å². The summed E-state index contributed by atoms with van der Waals surface area (Å²) in [6.07, 6.45) is 1.30. The largest absolute Gasteiger partial charge is 0.450 e. The Morgan fingerprint density at radius 3 is 2.85 bits per heavy atom. The number of rotatable bonds is 5. The van der Waals surface area contributed by atoms with Crippen LogP contribution in [0.15, 0.2) is 29.6 Å². The average Bonchev–Trinajstić information content (AvgIpc) is 3.11. The van der Waals surface area contributed by atoms with Gasteiger partial charge < -0.3 is 15.0 Å². The van der Waals surface area contributed by atoms with Crippen molar-refractivity contribution in [3.63, 3.8) is 0 Å². The van der Waals surface area contributed by atoms with E-state index in [-0.39, 0.29) is 30.3 Å². The molecule has 8 heteroatoms. The van der Waals surface area contributed by atoms with Crippen molar-refractivity contribution >= 4 is 23.3 Å². The molecule has 1 saturated heterocycles.